The van der Waals surface area contributed by atoms with E-state index in [4.69, 9.17) is 5.73 Å². The first-order chi connectivity index (χ1) is 8.77. The first kappa shape index (κ1) is 15.4. The molecule has 0 spiro atoms. The van der Waals surface area contributed by atoms with E-state index >= 15 is 0 Å². The van der Waals surface area contributed by atoms with E-state index in [-0.39, 0.29) is 30.3 Å². The Kier molecular flexibility index (Phi) is 4.84. The van der Waals surface area contributed by atoms with Gasteiger partial charge >= 0.3 is 0 Å². The van der Waals surface area contributed by atoms with Crippen LogP contribution in [0.1, 0.15) is 43.6 Å². The van der Waals surface area contributed by atoms with Gasteiger partial charge in [-0.3, -0.25) is 14.5 Å². The van der Waals surface area contributed by atoms with Gasteiger partial charge in [-0.1, -0.05) is 32.9 Å². The normalized spacial score (nSPS) is 11.2. The lowest BCUT2D eigenvalue weighted by Gasteiger charge is -2.21. The maximum Gasteiger partial charge on any atom is 0.260 e. The molecule has 0 aliphatic heterocycles. The van der Waals surface area contributed by atoms with Crippen molar-refractivity contribution in [3.63, 3.8) is 0 Å². The highest BCUT2D eigenvalue weighted by Crippen LogP contribution is 2.22. The number of carbonyl (C=O) groups is 2. The number of hydrogen-bond acceptors (Lipinski definition) is 3. The fourth-order valence-corrected chi connectivity index (χ4v) is 1.80. The fourth-order valence-electron chi connectivity index (χ4n) is 1.80. The standard InChI is InChI=1S/C15H22N2O2/c1-11(18)17(10-9-16)14(19)12-5-7-13(8-6-12)15(2,3)4/h5-8H,9-10,16H2,1-4H3. The van der Waals surface area contributed by atoms with Crippen molar-refractivity contribution in [3.8, 4) is 0 Å². The van der Waals surface area contributed by atoms with E-state index < -0.39 is 0 Å². The molecule has 0 fully saturated rings. The number of hydrogen-bond donors (Lipinski definition) is 1. The van der Waals surface area contributed by atoms with Gasteiger partial charge in [0.05, 0.1) is 0 Å². The molecule has 0 aliphatic rings. The smallest absolute Gasteiger partial charge is 0.260 e. The topological polar surface area (TPSA) is 63.4 Å². The molecular weight excluding hydrogens is 240 g/mol. The summed E-state index contributed by atoms with van der Waals surface area (Å²) in [7, 11) is 0. The molecule has 0 aromatic heterocycles. The zero-order valence-corrected chi connectivity index (χ0v) is 12.1. The van der Waals surface area contributed by atoms with Crippen LogP contribution >= 0.6 is 0 Å². The largest absolute Gasteiger partial charge is 0.329 e. The van der Waals surface area contributed by atoms with Crippen LogP contribution in [0, 0.1) is 0 Å². The van der Waals surface area contributed by atoms with E-state index in [1.54, 1.807) is 12.1 Å². The molecule has 2 N–H and O–H groups in total. The number of carbonyl (C=O) groups excluding carboxylic acids is 2. The molecule has 0 saturated carbocycles. The van der Waals surface area contributed by atoms with Gasteiger partial charge in [-0.05, 0) is 23.1 Å². The summed E-state index contributed by atoms with van der Waals surface area (Å²) in [6.45, 7) is 8.22. The van der Waals surface area contributed by atoms with Crippen LogP contribution in [0.3, 0.4) is 0 Å². The van der Waals surface area contributed by atoms with Gasteiger partial charge in [-0.25, -0.2) is 0 Å². The van der Waals surface area contributed by atoms with Crippen LogP contribution < -0.4 is 5.73 Å². The molecule has 1 rings (SSSR count). The third-order valence-electron chi connectivity index (χ3n) is 2.98. The molecule has 0 radical (unpaired) electrons. The first-order valence-electron chi connectivity index (χ1n) is 6.40. The Balaban J connectivity index is 2.97. The lowest BCUT2D eigenvalue weighted by molar-refractivity contribution is -0.126. The summed E-state index contributed by atoms with van der Waals surface area (Å²) in [5.74, 6) is -0.575. The van der Waals surface area contributed by atoms with Crippen molar-refractivity contribution in [3.05, 3.63) is 35.4 Å². The first-order valence-corrected chi connectivity index (χ1v) is 6.40. The van der Waals surface area contributed by atoms with Crippen LogP contribution in [0.4, 0.5) is 0 Å². The molecule has 4 nitrogen and oxygen atoms in total. The van der Waals surface area contributed by atoms with Gasteiger partial charge in [0.2, 0.25) is 5.91 Å². The lowest BCUT2D eigenvalue weighted by Crippen LogP contribution is -2.38. The van der Waals surface area contributed by atoms with Gasteiger partial charge in [-0.2, -0.15) is 0 Å². The van der Waals surface area contributed by atoms with Gasteiger partial charge < -0.3 is 5.73 Å². The van der Waals surface area contributed by atoms with Crippen molar-refractivity contribution in [2.24, 2.45) is 5.73 Å². The molecule has 1 aromatic carbocycles. The van der Waals surface area contributed by atoms with Crippen molar-refractivity contribution in [2.45, 2.75) is 33.1 Å². The predicted molar refractivity (Wildman–Crippen MR) is 75.9 cm³/mol. The van der Waals surface area contributed by atoms with Gasteiger partial charge in [0, 0.05) is 25.6 Å². The lowest BCUT2D eigenvalue weighted by atomic mass is 9.86. The number of nitrogens with two attached hydrogens (primary N) is 1. The third-order valence-corrected chi connectivity index (χ3v) is 2.98. The highest BCUT2D eigenvalue weighted by molar-refractivity contribution is 6.04. The maximum atomic E-state index is 12.2. The zero-order chi connectivity index (χ0) is 14.6. The van der Waals surface area contributed by atoms with Crippen LogP contribution in [0.25, 0.3) is 0 Å². The number of benzene rings is 1. The summed E-state index contributed by atoms with van der Waals surface area (Å²) < 4.78 is 0. The Hall–Kier alpha value is -1.68. The second-order valence-corrected chi connectivity index (χ2v) is 5.59. The van der Waals surface area contributed by atoms with Crippen LogP contribution in [-0.2, 0) is 10.2 Å². The summed E-state index contributed by atoms with van der Waals surface area (Å²) in [6.07, 6.45) is 0. The molecule has 0 unspecified atom stereocenters. The van der Waals surface area contributed by atoms with E-state index in [2.05, 4.69) is 20.8 Å². The second kappa shape index (κ2) is 5.97. The minimum absolute atomic E-state index is 0.0408. The second-order valence-electron chi connectivity index (χ2n) is 5.59. The molecule has 0 bridgehead atoms. The van der Waals surface area contributed by atoms with E-state index in [9.17, 15) is 9.59 Å². The predicted octanol–water partition coefficient (Wildman–Crippen LogP) is 1.93. The number of rotatable bonds is 3. The molecule has 0 aliphatic carbocycles. The van der Waals surface area contributed by atoms with Crippen molar-refractivity contribution in [2.75, 3.05) is 13.1 Å². The van der Waals surface area contributed by atoms with Crippen molar-refractivity contribution < 1.29 is 9.59 Å². The minimum Gasteiger partial charge on any atom is -0.329 e. The SMILES string of the molecule is CC(=O)N(CCN)C(=O)c1ccc(C(C)(C)C)cc1. The van der Waals surface area contributed by atoms with E-state index in [1.807, 2.05) is 12.1 Å². The van der Waals surface area contributed by atoms with Crippen LogP contribution in [-0.4, -0.2) is 29.8 Å². The Labute approximate surface area is 114 Å². The Bertz CT molecular complexity index is 458. The van der Waals surface area contributed by atoms with E-state index in [0.717, 1.165) is 5.56 Å². The van der Waals surface area contributed by atoms with E-state index in [1.165, 1.54) is 11.8 Å². The molecule has 4 heteroatoms. The van der Waals surface area contributed by atoms with Gasteiger partial charge in [-0.15, -0.1) is 0 Å². The zero-order valence-electron chi connectivity index (χ0n) is 12.1. The summed E-state index contributed by atoms with van der Waals surface area (Å²) in [5, 5.41) is 0. The summed E-state index contributed by atoms with van der Waals surface area (Å²) >= 11 is 0. The quantitative estimate of drug-likeness (QED) is 0.905. The molecule has 0 heterocycles. The average molecular weight is 262 g/mol. The molecule has 2 amide bonds. The highest BCUT2D eigenvalue weighted by Gasteiger charge is 2.20. The van der Waals surface area contributed by atoms with E-state index in [0.29, 0.717) is 5.56 Å². The molecular formula is C15H22N2O2. The molecule has 1 aromatic rings. The van der Waals surface area contributed by atoms with Gasteiger partial charge in [0.25, 0.3) is 5.91 Å². The van der Waals surface area contributed by atoms with Crippen molar-refractivity contribution in [1.82, 2.24) is 4.90 Å². The van der Waals surface area contributed by atoms with Gasteiger partial charge in [0.1, 0.15) is 0 Å². The maximum absolute atomic E-state index is 12.2. The summed E-state index contributed by atoms with van der Waals surface area (Å²) in [5.41, 5.74) is 7.12. The molecule has 0 atom stereocenters. The summed E-state index contributed by atoms with van der Waals surface area (Å²) in [6, 6.07) is 7.37. The highest BCUT2D eigenvalue weighted by atomic mass is 16.2. The molecule has 19 heavy (non-hydrogen) atoms. The van der Waals surface area contributed by atoms with Gasteiger partial charge in [0.15, 0.2) is 0 Å². The average Bonchev–Trinajstić information content (AvgIpc) is 2.34. The van der Waals surface area contributed by atoms with Crippen molar-refractivity contribution in [1.29, 1.82) is 0 Å². The minimum atomic E-state index is -0.293. The van der Waals surface area contributed by atoms with Crippen LogP contribution in [0.5, 0.6) is 0 Å². The Morgan fingerprint density at radius 2 is 1.68 bits per heavy atom. The number of amides is 2. The third kappa shape index (κ3) is 3.89. The Morgan fingerprint density at radius 1 is 1.16 bits per heavy atom. The Morgan fingerprint density at radius 3 is 2.05 bits per heavy atom. The number of nitrogens with zero attached hydrogens (tertiary/aromatic N) is 1. The molecule has 104 valence electrons. The van der Waals surface area contributed by atoms with Crippen LogP contribution in [0.2, 0.25) is 0 Å². The number of imide groups is 1. The monoisotopic (exact) mass is 262 g/mol. The van der Waals surface area contributed by atoms with Crippen molar-refractivity contribution >= 4 is 11.8 Å². The van der Waals surface area contributed by atoms with Crippen LogP contribution in [0.15, 0.2) is 24.3 Å². The molecule has 0 saturated heterocycles. The fraction of sp³-hybridized carbons (Fsp3) is 0.467. The summed E-state index contributed by atoms with van der Waals surface area (Å²) in [4.78, 5) is 24.8.